The summed E-state index contributed by atoms with van der Waals surface area (Å²) in [7, 11) is 0. The molecule has 1 aliphatic rings. The number of hydrogen-bond acceptors (Lipinski definition) is 2. The van der Waals surface area contributed by atoms with E-state index >= 15 is 0 Å². The average molecular weight is 232 g/mol. The molecular weight excluding hydrogens is 208 g/mol. The third kappa shape index (κ3) is 2.53. The fourth-order valence-corrected chi connectivity index (χ4v) is 3.13. The van der Waals surface area contributed by atoms with Crippen molar-refractivity contribution in [2.45, 2.75) is 51.5 Å². The summed E-state index contributed by atoms with van der Waals surface area (Å²) in [6.07, 6.45) is 4.83. The summed E-state index contributed by atoms with van der Waals surface area (Å²) in [6.45, 7) is 4.51. The lowest BCUT2D eigenvalue weighted by molar-refractivity contribution is 0.296. The van der Waals surface area contributed by atoms with Crippen molar-refractivity contribution in [3.63, 3.8) is 0 Å². The Balaban J connectivity index is 1.98. The molecule has 0 spiro atoms. The zero-order chi connectivity index (χ0) is 12.3. The van der Waals surface area contributed by atoms with Crippen LogP contribution in [0.4, 0.5) is 0 Å². The number of rotatable bonds is 6. The van der Waals surface area contributed by atoms with Gasteiger partial charge in [-0.15, -0.1) is 0 Å². The van der Waals surface area contributed by atoms with Gasteiger partial charge >= 0.3 is 0 Å². The number of benzene rings is 1. The van der Waals surface area contributed by atoms with Crippen molar-refractivity contribution in [3.05, 3.63) is 35.4 Å². The molecule has 1 aromatic carbocycles. The molecule has 0 radical (unpaired) electrons. The van der Waals surface area contributed by atoms with Crippen LogP contribution in [0.15, 0.2) is 24.3 Å². The van der Waals surface area contributed by atoms with E-state index in [9.17, 15) is 0 Å². The van der Waals surface area contributed by atoms with E-state index in [0.717, 1.165) is 0 Å². The molecule has 0 fully saturated rings. The van der Waals surface area contributed by atoms with Crippen LogP contribution in [0.5, 0.6) is 0 Å². The van der Waals surface area contributed by atoms with Gasteiger partial charge in [-0.2, -0.15) is 0 Å². The van der Waals surface area contributed by atoms with Crippen molar-refractivity contribution in [3.8, 4) is 0 Å². The Morgan fingerprint density at radius 1 is 1.29 bits per heavy atom. The first-order valence-electron chi connectivity index (χ1n) is 6.84. The Labute approximate surface area is 105 Å². The van der Waals surface area contributed by atoms with E-state index in [-0.39, 0.29) is 0 Å². The van der Waals surface area contributed by atoms with Crippen molar-refractivity contribution >= 4 is 0 Å². The van der Waals surface area contributed by atoms with Gasteiger partial charge in [0.05, 0.1) is 0 Å². The van der Waals surface area contributed by atoms with Gasteiger partial charge < -0.3 is 0 Å². The summed E-state index contributed by atoms with van der Waals surface area (Å²) in [5.41, 5.74) is 6.10. The molecule has 0 aromatic heterocycles. The first-order chi connectivity index (χ1) is 8.30. The minimum Gasteiger partial charge on any atom is -0.271 e. The predicted octanol–water partition coefficient (Wildman–Crippen LogP) is 2.98. The van der Waals surface area contributed by atoms with Gasteiger partial charge in [0.1, 0.15) is 0 Å². The third-order valence-electron chi connectivity index (χ3n) is 4.33. The van der Waals surface area contributed by atoms with Gasteiger partial charge in [0, 0.05) is 6.04 Å². The number of hydrazine groups is 1. The van der Waals surface area contributed by atoms with Gasteiger partial charge in [-0.05, 0) is 35.8 Å². The molecule has 2 heteroatoms. The largest absolute Gasteiger partial charge is 0.271 e. The Kier molecular flexibility index (Phi) is 4.19. The van der Waals surface area contributed by atoms with Gasteiger partial charge in [0.15, 0.2) is 0 Å². The van der Waals surface area contributed by atoms with Crippen LogP contribution in [-0.2, 0) is 6.42 Å². The van der Waals surface area contributed by atoms with E-state index in [4.69, 9.17) is 5.84 Å². The van der Waals surface area contributed by atoms with Crippen LogP contribution in [0.25, 0.3) is 0 Å². The molecule has 0 heterocycles. The van der Waals surface area contributed by atoms with Crippen LogP contribution in [0.3, 0.4) is 0 Å². The predicted molar refractivity (Wildman–Crippen MR) is 72.7 cm³/mol. The van der Waals surface area contributed by atoms with Gasteiger partial charge in [-0.25, -0.2) is 0 Å². The summed E-state index contributed by atoms with van der Waals surface area (Å²) >= 11 is 0. The summed E-state index contributed by atoms with van der Waals surface area (Å²) in [5, 5.41) is 0. The second kappa shape index (κ2) is 5.65. The Hall–Kier alpha value is -0.860. The van der Waals surface area contributed by atoms with Crippen molar-refractivity contribution < 1.29 is 0 Å². The molecule has 2 unspecified atom stereocenters. The molecule has 0 aliphatic heterocycles. The summed E-state index contributed by atoms with van der Waals surface area (Å²) in [6, 6.07) is 9.25. The second-order valence-corrected chi connectivity index (χ2v) is 5.19. The number of fused-ring (bicyclic) bond motifs is 1. The van der Waals surface area contributed by atoms with E-state index < -0.39 is 0 Å². The quantitative estimate of drug-likeness (QED) is 0.584. The molecule has 0 saturated heterocycles. The van der Waals surface area contributed by atoms with Crippen LogP contribution in [0.1, 0.15) is 50.2 Å². The van der Waals surface area contributed by atoms with Crippen molar-refractivity contribution in [2.75, 3.05) is 0 Å². The molecule has 2 nitrogen and oxygen atoms in total. The molecule has 1 aromatic rings. The van der Waals surface area contributed by atoms with Gasteiger partial charge in [0.2, 0.25) is 0 Å². The fourth-order valence-electron chi connectivity index (χ4n) is 3.13. The van der Waals surface area contributed by atoms with Gasteiger partial charge in [-0.1, -0.05) is 51.0 Å². The normalized spacial score (nSPS) is 19.9. The highest BCUT2D eigenvalue weighted by molar-refractivity contribution is 5.39. The number of nitrogens with one attached hydrogen (secondary N) is 1. The maximum atomic E-state index is 5.72. The molecule has 17 heavy (non-hydrogen) atoms. The van der Waals surface area contributed by atoms with E-state index in [2.05, 4.69) is 43.5 Å². The van der Waals surface area contributed by atoms with Crippen LogP contribution in [-0.4, -0.2) is 6.04 Å². The SMILES string of the molecule is CCC(CC)C(CC1Cc2ccccc21)NN. The van der Waals surface area contributed by atoms with Crippen molar-refractivity contribution in [2.24, 2.45) is 11.8 Å². The molecule has 0 bridgehead atoms. The lowest BCUT2D eigenvalue weighted by atomic mass is 9.72. The monoisotopic (exact) mass is 232 g/mol. The molecule has 0 saturated carbocycles. The number of hydrogen-bond donors (Lipinski definition) is 2. The molecule has 3 N–H and O–H groups in total. The lowest BCUT2D eigenvalue weighted by Crippen LogP contribution is -2.42. The van der Waals surface area contributed by atoms with Crippen molar-refractivity contribution in [1.82, 2.24) is 5.43 Å². The second-order valence-electron chi connectivity index (χ2n) is 5.19. The summed E-state index contributed by atoms with van der Waals surface area (Å²) in [5.74, 6) is 7.14. The Morgan fingerprint density at radius 2 is 2.00 bits per heavy atom. The van der Waals surface area contributed by atoms with Crippen LogP contribution in [0, 0.1) is 5.92 Å². The van der Waals surface area contributed by atoms with Crippen molar-refractivity contribution in [1.29, 1.82) is 0 Å². The average Bonchev–Trinajstić information content (AvgIpc) is 2.34. The highest BCUT2D eigenvalue weighted by atomic mass is 15.2. The third-order valence-corrected chi connectivity index (χ3v) is 4.33. The maximum Gasteiger partial charge on any atom is 0.0244 e. The first-order valence-corrected chi connectivity index (χ1v) is 6.84. The lowest BCUT2D eigenvalue weighted by Gasteiger charge is -2.35. The molecule has 1 aliphatic carbocycles. The van der Waals surface area contributed by atoms with E-state index in [1.165, 1.54) is 31.2 Å². The van der Waals surface area contributed by atoms with E-state index in [1.807, 2.05) is 0 Å². The van der Waals surface area contributed by atoms with E-state index in [0.29, 0.717) is 17.9 Å². The molecule has 94 valence electrons. The summed E-state index contributed by atoms with van der Waals surface area (Å²) < 4.78 is 0. The Morgan fingerprint density at radius 3 is 2.59 bits per heavy atom. The topological polar surface area (TPSA) is 38.0 Å². The highest BCUT2D eigenvalue weighted by Crippen LogP contribution is 2.39. The van der Waals surface area contributed by atoms with Gasteiger partial charge in [-0.3, -0.25) is 11.3 Å². The van der Waals surface area contributed by atoms with Crippen LogP contribution < -0.4 is 11.3 Å². The number of nitrogens with two attached hydrogens (primary N) is 1. The van der Waals surface area contributed by atoms with Gasteiger partial charge in [0.25, 0.3) is 0 Å². The Bertz CT molecular complexity index is 358. The highest BCUT2D eigenvalue weighted by Gasteiger charge is 2.29. The zero-order valence-electron chi connectivity index (χ0n) is 10.9. The minimum atomic E-state index is 0.461. The molecule has 2 rings (SSSR count). The smallest absolute Gasteiger partial charge is 0.0244 e. The molecule has 0 amide bonds. The molecular formula is C15H24N2. The standard InChI is InChI=1S/C15H24N2/c1-3-11(4-2)15(17-16)10-13-9-12-7-5-6-8-14(12)13/h5-8,11,13,15,17H,3-4,9-10,16H2,1-2H3. The van der Waals surface area contributed by atoms with Crippen LogP contribution >= 0.6 is 0 Å². The van der Waals surface area contributed by atoms with E-state index in [1.54, 1.807) is 5.56 Å². The minimum absolute atomic E-state index is 0.461. The maximum absolute atomic E-state index is 5.72. The zero-order valence-corrected chi connectivity index (χ0v) is 10.9. The molecule has 2 atom stereocenters. The van der Waals surface area contributed by atoms with Crippen LogP contribution in [0.2, 0.25) is 0 Å². The summed E-state index contributed by atoms with van der Waals surface area (Å²) in [4.78, 5) is 0. The first kappa shape index (κ1) is 12.6. The fraction of sp³-hybridized carbons (Fsp3) is 0.600.